The number of nitrogens with one attached hydrogen (secondary N) is 1. The van der Waals surface area contributed by atoms with Crippen LogP contribution in [-0.4, -0.2) is 43.1 Å². The molecule has 15 heavy (non-hydrogen) atoms. The van der Waals surface area contributed by atoms with Crippen molar-refractivity contribution in [3.63, 3.8) is 0 Å². The molecule has 1 amide bonds. The van der Waals surface area contributed by atoms with Crippen molar-refractivity contribution in [3.8, 4) is 0 Å². The van der Waals surface area contributed by atoms with Crippen molar-refractivity contribution in [3.05, 3.63) is 12.7 Å². The second-order valence-corrected chi connectivity index (χ2v) is 3.86. The summed E-state index contributed by atoms with van der Waals surface area (Å²) in [7, 11) is 0. The van der Waals surface area contributed by atoms with Gasteiger partial charge in [-0.05, 0) is 26.8 Å². The van der Waals surface area contributed by atoms with E-state index in [9.17, 15) is 4.79 Å². The average molecular weight is 213 g/mol. The molecule has 0 spiro atoms. The summed E-state index contributed by atoms with van der Waals surface area (Å²) >= 11 is 0. The van der Waals surface area contributed by atoms with Gasteiger partial charge in [-0.25, -0.2) is 0 Å². The van der Waals surface area contributed by atoms with Gasteiger partial charge in [0.1, 0.15) is 0 Å². The Morgan fingerprint density at radius 3 is 2.20 bits per heavy atom. The van der Waals surface area contributed by atoms with Crippen molar-refractivity contribution in [2.24, 2.45) is 0 Å². The zero-order valence-corrected chi connectivity index (χ0v) is 10.4. The molecule has 0 atom stereocenters. The predicted octanol–water partition coefficient (Wildman–Crippen LogP) is 1.56. The summed E-state index contributed by atoms with van der Waals surface area (Å²) in [6.45, 7) is 15.5. The third kappa shape index (κ3) is 4.98. The third-order valence-electron chi connectivity index (χ3n) is 3.31. The quantitative estimate of drug-likeness (QED) is 0.370. The summed E-state index contributed by atoms with van der Waals surface area (Å²) < 4.78 is 1.14. The van der Waals surface area contributed by atoms with Crippen molar-refractivity contribution >= 4 is 5.91 Å². The number of hydrogen-bond acceptors (Lipinski definition) is 1. The molecule has 0 aromatic heterocycles. The Balaban J connectivity index is 3.81. The lowest BCUT2D eigenvalue weighted by Gasteiger charge is -2.35. The number of hydrogen-bond donors (Lipinski definition) is 1. The maximum Gasteiger partial charge on any atom is 0.243 e. The molecule has 0 aliphatic carbocycles. The van der Waals surface area contributed by atoms with Gasteiger partial charge in [0.25, 0.3) is 0 Å². The minimum atomic E-state index is -0.0717. The first-order chi connectivity index (χ1) is 7.14. The van der Waals surface area contributed by atoms with Gasteiger partial charge in [0, 0.05) is 13.0 Å². The van der Waals surface area contributed by atoms with Crippen LogP contribution >= 0.6 is 0 Å². The average Bonchev–Trinajstić information content (AvgIpc) is 2.30. The molecule has 0 saturated heterocycles. The molecular formula is C12H25N2O+. The lowest BCUT2D eigenvalue weighted by Crippen LogP contribution is -2.48. The Labute approximate surface area is 93.7 Å². The number of nitrogens with zero attached hydrogens (tertiary/aromatic N) is 1. The van der Waals surface area contributed by atoms with Gasteiger partial charge in [0.05, 0.1) is 26.2 Å². The fourth-order valence-corrected chi connectivity index (χ4v) is 1.84. The van der Waals surface area contributed by atoms with Crippen LogP contribution in [0.15, 0.2) is 12.7 Å². The molecule has 0 aliphatic rings. The normalized spacial score (nSPS) is 11.1. The smallest absolute Gasteiger partial charge is 0.243 e. The molecule has 0 fully saturated rings. The van der Waals surface area contributed by atoms with Crippen LogP contribution < -0.4 is 5.32 Å². The minimum absolute atomic E-state index is 0.0717. The molecule has 3 heteroatoms. The highest BCUT2D eigenvalue weighted by Crippen LogP contribution is 2.06. The predicted molar refractivity (Wildman–Crippen MR) is 64.6 cm³/mol. The van der Waals surface area contributed by atoms with Gasteiger partial charge < -0.3 is 9.80 Å². The molecule has 0 saturated carbocycles. The molecule has 0 unspecified atom stereocenters. The van der Waals surface area contributed by atoms with E-state index in [1.807, 2.05) is 0 Å². The summed E-state index contributed by atoms with van der Waals surface area (Å²) in [5.41, 5.74) is 0. The van der Waals surface area contributed by atoms with Crippen molar-refractivity contribution in [1.82, 2.24) is 5.32 Å². The zero-order chi connectivity index (χ0) is 11.7. The third-order valence-corrected chi connectivity index (χ3v) is 3.31. The molecule has 1 N–H and O–H groups in total. The largest absolute Gasteiger partial charge is 0.352 e. The number of rotatable bonds is 8. The van der Waals surface area contributed by atoms with E-state index in [4.69, 9.17) is 0 Å². The van der Waals surface area contributed by atoms with Gasteiger partial charge in [-0.3, -0.25) is 4.79 Å². The van der Waals surface area contributed by atoms with E-state index in [0.717, 1.165) is 24.0 Å². The van der Waals surface area contributed by atoms with Crippen LogP contribution in [0.5, 0.6) is 0 Å². The van der Waals surface area contributed by atoms with Gasteiger partial charge in [0.2, 0.25) is 5.91 Å². The van der Waals surface area contributed by atoms with Gasteiger partial charge in [-0.15, -0.1) is 0 Å². The molecular weight excluding hydrogens is 188 g/mol. The first-order valence-electron chi connectivity index (χ1n) is 5.89. The fourth-order valence-electron chi connectivity index (χ4n) is 1.84. The summed E-state index contributed by atoms with van der Waals surface area (Å²) in [6.07, 6.45) is 2.36. The van der Waals surface area contributed by atoms with Crippen LogP contribution in [0.2, 0.25) is 0 Å². The molecule has 0 bridgehead atoms. The van der Waals surface area contributed by atoms with Gasteiger partial charge in [0.15, 0.2) is 0 Å². The van der Waals surface area contributed by atoms with E-state index in [0.29, 0.717) is 0 Å². The maximum absolute atomic E-state index is 10.9. The number of carbonyl (C=O) groups excluding carboxylic acids is 1. The number of carbonyl (C=O) groups is 1. The highest BCUT2D eigenvalue weighted by Gasteiger charge is 2.19. The maximum atomic E-state index is 10.9. The molecule has 0 heterocycles. The highest BCUT2D eigenvalue weighted by molar-refractivity contribution is 5.86. The van der Waals surface area contributed by atoms with Crippen LogP contribution in [0, 0.1) is 0 Å². The summed E-state index contributed by atoms with van der Waals surface area (Å²) in [4.78, 5) is 10.9. The number of quaternary nitrogens is 1. The fraction of sp³-hybridized carbons (Fsp3) is 0.750. The first-order valence-corrected chi connectivity index (χ1v) is 5.89. The highest BCUT2D eigenvalue weighted by atomic mass is 16.1. The second kappa shape index (κ2) is 7.46. The van der Waals surface area contributed by atoms with Gasteiger partial charge in [-0.2, -0.15) is 0 Å². The summed E-state index contributed by atoms with van der Waals surface area (Å²) in [6, 6.07) is 0. The molecule has 0 rings (SSSR count). The molecule has 0 aromatic rings. The van der Waals surface area contributed by atoms with Gasteiger partial charge in [-0.1, -0.05) is 6.58 Å². The monoisotopic (exact) mass is 213 g/mol. The molecule has 0 aliphatic heterocycles. The molecule has 0 aromatic carbocycles. The topological polar surface area (TPSA) is 29.1 Å². The van der Waals surface area contributed by atoms with E-state index in [2.05, 4.69) is 32.7 Å². The standard InChI is InChI=1S/C12H24N2O/c1-5-12(15)13-10-9-11-14(6-2,7-3)8-4/h5H,1,6-11H2,2-4H3/p+1. The van der Waals surface area contributed by atoms with E-state index in [1.54, 1.807) is 0 Å². The molecule has 3 nitrogen and oxygen atoms in total. The number of amides is 1. The minimum Gasteiger partial charge on any atom is -0.352 e. The Hall–Kier alpha value is -0.830. The Bertz CT molecular complexity index is 190. The zero-order valence-electron chi connectivity index (χ0n) is 10.4. The van der Waals surface area contributed by atoms with Crippen LogP contribution in [0.1, 0.15) is 27.2 Å². The lowest BCUT2D eigenvalue weighted by molar-refractivity contribution is -0.923. The second-order valence-electron chi connectivity index (χ2n) is 3.86. The van der Waals surface area contributed by atoms with Crippen molar-refractivity contribution in [1.29, 1.82) is 0 Å². The van der Waals surface area contributed by atoms with E-state index in [1.165, 1.54) is 25.7 Å². The van der Waals surface area contributed by atoms with Crippen LogP contribution in [-0.2, 0) is 4.79 Å². The van der Waals surface area contributed by atoms with Gasteiger partial charge >= 0.3 is 0 Å². The summed E-state index contributed by atoms with van der Waals surface area (Å²) in [5, 5.41) is 2.81. The Morgan fingerprint density at radius 1 is 1.27 bits per heavy atom. The molecule has 0 radical (unpaired) electrons. The molecule has 88 valence electrons. The Kier molecular flexibility index (Phi) is 7.05. The SMILES string of the molecule is C=CC(=O)NCCC[N+](CC)(CC)CC. The Morgan fingerprint density at radius 2 is 1.80 bits per heavy atom. The van der Waals surface area contributed by atoms with E-state index < -0.39 is 0 Å². The van der Waals surface area contributed by atoms with E-state index in [-0.39, 0.29) is 5.91 Å². The van der Waals surface area contributed by atoms with Crippen molar-refractivity contribution in [2.45, 2.75) is 27.2 Å². The van der Waals surface area contributed by atoms with E-state index >= 15 is 0 Å². The van der Waals surface area contributed by atoms with Crippen molar-refractivity contribution in [2.75, 3.05) is 32.7 Å². The first kappa shape index (κ1) is 14.2. The van der Waals surface area contributed by atoms with Crippen LogP contribution in [0.4, 0.5) is 0 Å². The van der Waals surface area contributed by atoms with Crippen molar-refractivity contribution < 1.29 is 9.28 Å². The lowest BCUT2D eigenvalue weighted by atomic mass is 10.3. The summed E-state index contributed by atoms with van der Waals surface area (Å²) in [5.74, 6) is -0.0717. The van der Waals surface area contributed by atoms with Crippen LogP contribution in [0.3, 0.4) is 0 Å². The van der Waals surface area contributed by atoms with Crippen LogP contribution in [0.25, 0.3) is 0 Å².